The van der Waals surface area contributed by atoms with Gasteiger partial charge < -0.3 is 10.2 Å². The smallest absolute Gasteiger partial charge is 0.140 e. The minimum atomic E-state index is 0.515. The Kier molecular flexibility index (Phi) is 3.75. The molecule has 0 spiro atoms. The number of anilines is 1. The minimum absolute atomic E-state index is 0.515. The number of piperidine rings is 1. The number of pyridine rings is 1. The highest BCUT2D eigenvalue weighted by atomic mass is 127. The van der Waals surface area contributed by atoms with Gasteiger partial charge in [0.2, 0.25) is 0 Å². The van der Waals surface area contributed by atoms with Gasteiger partial charge in [0.1, 0.15) is 16.8 Å². The number of aromatic nitrogens is 1. The minimum Gasteiger partial charge on any atom is -0.366 e. The Balaban J connectivity index is 1.60. The number of nitriles is 1. The first-order valence-electron chi connectivity index (χ1n) is 7.62. The van der Waals surface area contributed by atoms with Crippen molar-refractivity contribution in [2.24, 2.45) is 0 Å². The maximum atomic E-state index is 9.07. The summed E-state index contributed by atoms with van der Waals surface area (Å²) in [7, 11) is 2.27. The van der Waals surface area contributed by atoms with Crippen molar-refractivity contribution in [3.8, 4) is 6.07 Å². The molecule has 2 saturated heterocycles. The zero-order valence-electron chi connectivity index (χ0n) is 12.3. The average molecular weight is 424 g/mol. The Morgan fingerprint density at radius 1 is 1.41 bits per heavy atom. The SMILES string of the molecule is CN1C2CC[C@@H]1CC(Nc1ncc3sc(C#N)cc3c1I)C2. The highest BCUT2D eigenvalue weighted by molar-refractivity contribution is 14.1. The molecule has 2 bridgehead atoms. The number of thiophene rings is 1. The molecule has 1 N–H and O–H groups in total. The van der Waals surface area contributed by atoms with Crippen LogP contribution in [-0.2, 0) is 0 Å². The number of nitrogens with one attached hydrogen (secondary N) is 1. The molecule has 4 rings (SSSR count). The van der Waals surface area contributed by atoms with Crippen LogP contribution in [0.4, 0.5) is 5.82 Å². The lowest BCUT2D eigenvalue weighted by molar-refractivity contribution is 0.168. The number of halogens is 1. The highest BCUT2D eigenvalue weighted by Crippen LogP contribution is 2.37. The molecule has 4 nitrogen and oxygen atoms in total. The van der Waals surface area contributed by atoms with Crippen LogP contribution in [0.25, 0.3) is 10.1 Å². The molecule has 0 radical (unpaired) electrons. The Morgan fingerprint density at radius 2 is 2.14 bits per heavy atom. The molecule has 0 amide bonds. The van der Waals surface area contributed by atoms with E-state index in [-0.39, 0.29) is 0 Å². The second kappa shape index (κ2) is 5.62. The van der Waals surface area contributed by atoms with Crippen LogP contribution >= 0.6 is 33.9 Å². The molecule has 0 aromatic carbocycles. The van der Waals surface area contributed by atoms with Crippen LogP contribution in [0, 0.1) is 14.9 Å². The van der Waals surface area contributed by atoms with Crippen LogP contribution in [0.2, 0.25) is 0 Å². The molecule has 22 heavy (non-hydrogen) atoms. The molecule has 3 atom stereocenters. The van der Waals surface area contributed by atoms with E-state index in [4.69, 9.17) is 5.26 Å². The summed E-state index contributed by atoms with van der Waals surface area (Å²) >= 11 is 3.87. The van der Waals surface area contributed by atoms with Crippen LogP contribution < -0.4 is 5.32 Å². The zero-order valence-corrected chi connectivity index (χ0v) is 15.3. The van der Waals surface area contributed by atoms with Gasteiger partial charge in [0, 0.05) is 29.7 Å². The molecule has 2 aromatic rings. The van der Waals surface area contributed by atoms with Crippen LogP contribution in [0.3, 0.4) is 0 Å². The first-order valence-corrected chi connectivity index (χ1v) is 9.52. The predicted octanol–water partition coefficient (Wildman–Crippen LogP) is 3.81. The first kappa shape index (κ1) is 14.7. The lowest BCUT2D eigenvalue weighted by Crippen LogP contribution is -2.44. The molecule has 0 aliphatic carbocycles. The normalized spacial score (nSPS) is 28.0. The molecule has 6 heteroatoms. The molecule has 2 fully saturated rings. The summed E-state index contributed by atoms with van der Waals surface area (Å²) in [6.45, 7) is 0. The van der Waals surface area contributed by atoms with Crippen LogP contribution in [0.15, 0.2) is 12.3 Å². The Labute approximate surface area is 147 Å². The second-order valence-corrected chi connectivity index (χ2v) is 8.45. The average Bonchev–Trinajstić information content (AvgIpc) is 3.01. The molecule has 2 aromatic heterocycles. The van der Waals surface area contributed by atoms with Gasteiger partial charge in [-0.25, -0.2) is 4.98 Å². The Hall–Kier alpha value is -0.910. The molecule has 2 aliphatic heterocycles. The van der Waals surface area contributed by atoms with E-state index in [2.05, 4.69) is 50.9 Å². The van der Waals surface area contributed by atoms with Gasteiger partial charge in [0.15, 0.2) is 0 Å². The number of hydrogen-bond donors (Lipinski definition) is 1. The fraction of sp³-hybridized carbons (Fsp3) is 0.500. The molecule has 4 heterocycles. The van der Waals surface area contributed by atoms with E-state index in [0.29, 0.717) is 6.04 Å². The number of hydrogen-bond acceptors (Lipinski definition) is 5. The van der Waals surface area contributed by atoms with Gasteiger partial charge in [-0.05, 0) is 61.4 Å². The standard InChI is InChI=1S/C16H17IN4S/c1-21-10-2-3-11(21)5-9(4-10)20-16-15(17)13-6-12(7-18)22-14(13)8-19-16/h6,8-11H,2-5H2,1H3,(H,19,20)/t9?,10-,11?/m1/s1. The van der Waals surface area contributed by atoms with Gasteiger partial charge in [-0.2, -0.15) is 5.26 Å². The molecule has 2 aliphatic rings. The van der Waals surface area contributed by atoms with Crippen molar-refractivity contribution >= 4 is 49.8 Å². The Morgan fingerprint density at radius 3 is 2.82 bits per heavy atom. The van der Waals surface area contributed by atoms with Crippen molar-refractivity contribution < 1.29 is 0 Å². The highest BCUT2D eigenvalue weighted by Gasteiger charge is 2.38. The maximum Gasteiger partial charge on any atom is 0.140 e. The van der Waals surface area contributed by atoms with E-state index >= 15 is 0 Å². The van der Waals surface area contributed by atoms with Gasteiger partial charge in [-0.1, -0.05) is 0 Å². The van der Waals surface area contributed by atoms with Crippen LogP contribution in [0.5, 0.6) is 0 Å². The monoisotopic (exact) mass is 424 g/mol. The number of rotatable bonds is 2. The van der Waals surface area contributed by atoms with E-state index < -0.39 is 0 Å². The Bertz CT molecular complexity index is 751. The number of nitrogens with zero attached hydrogens (tertiary/aromatic N) is 3. The maximum absolute atomic E-state index is 9.07. The van der Waals surface area contributed by atoms with Crippen molar-refractivity contribution in [1.29, 1.82) is 5.26 Å². The fourth-order valence-corrected chi connectivity index (χ4v) is 5.62. The van der Waals surface area contributed by atoms with Crippen molar-refractivity contribution in [2.75, 3.05) is 12.4 Å². The summed E-state index contributed by atoms with van der Waals surface area (Å²) < 4.78 is 2.23. The van der Waals surface area contributed by atoms with Gasteiger partial charge in [-0.3, -0.25) is 0 Å². The fourth-order valence-electron chi connectivity index (χ4n) is 3.86. The summed E-state index contributed by atoms with van der Waals surface area (Å²) in [6, 6.07) is 6.18. The van der Waals surface area contributed by atoms with Gasteiger partial charge in [0.05, 0.1) is 8.27 Å². The topological polar surface area (TPSA) is 52.0 Å². The second-order valence-electron chi connectivity index (χ2n) is 6.28. The van der Waals surface area contributed by atoms with Gasteiger partial charge in [-0.15, -0.1) is 11.3 Å². The predicted molar refractivity (Wildman–Crippen MR) is 98.3 cm³/mol. The third kappa shape index (κ3) is 2.39. The van der Waals surface area contributed by atoms with E-state index in [1.165, 1.54) is 37.0 Å². The molecule has 0 saturated carbocycles. The summed E-state index contributed by atoms with van der Waals surface area (Å²) in [5, 5.41) is 13.9. The lowest BCUT2D eigenvalue weighted by atomic mass is 9.98. The molecular weight excluding hydrogens is 407 g/mol. The molecule has 114 valence electrons. The van der Waals surface area contributed by atoms with E-state index in [1.807, 2.05) is 12.3 Å². The zero-order chi connectivity index (χ0) is 15.3. The van der Waals surface area contributed by atoms with E-state index in [1.54, 1.807) is 0 Å². The summed E-state index contributed by atoms with van der Waals surface area (Å²) in [5.41, 5.74) is 0. The van der Waals surface area contributed by atoms with Gasteiger partial charge in [0.25, 0.3) is 0 Å². The third-order valence-electron chi connectivity index (χ3n) is 5.07. The quantitative estimate of drug-likeness (QED) is 0.746. The number of fused-ring (bicyclic) bond motifs is 3. The third-order valence-corrected chi connectivity index (χ3v) is 7.13. The first-order chi connectivity index (χ1) is 10.7. The van der Waals surface area contributed by atoms with E-state index in [9.17, 15) is 0 Å². The summed E-state index contributed by atoms with van der Waals surface area (Å²) in [6.07, 6.45) is 6.97. The van der Waals surface area contributed by atoms with E-state index in [0.717, 1.165) is 36.4 Å². The summed E-state index contributed by atoms with van der Waals surface area (Å²) in [5.74, 6) is 0.976. The van der Waals surface area contributed by atoms with Crippen molar-refractivity contribution in [2.45, 2.75) is 43.8 Å². The summed E-state index contributed by atoms with van der Waals surface area (Å²) in [4.78, 5) is 7.91. The lowest BCUT2D eigenvalue weighted by Gasteiger charge is -2.36. The van der Waals surface area contributed by atoms with Crippen molar-refractivity contribution in [3.05, 3.63) is 20.7 Å². The van der Waals surface area contributed by atoms with Crippen molar-refractivity contribution in [1.82, 2.24) is 9.88 Å². The largest absolute Gasteiger partial charge is 0.366 e. The molecule has 2 unspecified atom stereocenters. The van der Waals surface area contributed by atoms with Gasteiger partial charge >= 0.3 is 0 Å². The van der Waals surface area contributed by atoms with Crippen LogP contribution in [-0.4, -0.2) is 35.1 Å². The molecular formula is C16H17IN4S. The van der Waals surface area contributed by atoms with Crippen LogP contribution in [0.1, 0.15) is 30.6 Å². The van der Waals surface area contributed by atoms with Crippen molar-refractivity contribution in [3.63, 3.8) is 0 Å².